The zero-order valence-corrected chi connectivity index (χ0v) is 17.4. The van der Waals surface area contributed by atoms with E-state index in [1.807, 2.05) is 0 Å². The van der Waals surface area contributed by atoms with E-state index in [4.69, 9.17) is 14.2 Å². The Morgan fingerprint density at radius 1 is 1.10 bits per heavy atom. The summed E-state index contributed by atoms with van der Waals surface area (Å²) in [6.07, 6.45) is 0. The molecule has 0 spiro atoms. The molecule has 0 saturated carbocycles. The number of fused-ring (bicyclic) bond motifs is 1. The summed E-state index contributed by atoms with van der Waals surface area (Å²) in [5.74, 6) is -0.127. The first-order chi connectivity index (χ1) is 14.3. The van der Waals surface area contributed by atoms with Crippen LogP contribution in [0.25, 0.3) is 0 Å². The fourth-order valence-corrected chi connectivity index (χ4v) is 3.88. The zero-order valence-electron chi connectivity index (χ0n) is 16.6. The van der Waals surface area contributed by atoms with Crippen molar-refractivity contribution in [1.29, 1.82) is 0 Å². The number of ether oxygens (including phenoxy) is 3. The van der Waals surface area contributed by atoms with Crippen molar-refractivity contribution in [2.75, 3.05) is 38.1 Å². The molecule has 0 saturated heterocycles. The molecule has 3 rings (SSSR count). The lowest BCUT2D eigenvalue weighted by atomic mass is 10.2. The number of nitrogens with one attached hydrogen (secondary N) is 1. The minimum atomic E-state index is -3.92. The molecule has 0 aromatic heterocycles. The molecule has 1 amide bonds. The highest BCUT2D eigenvalue weighted by Gasteiger charge is 2.21. The average Bonchev–Trinajstić information content (AvgIpc) is 2.72. The molecule has 160 valence electrons. The van der Waals surface area contributed by atoms with E-state index in [1.54, 1.807) is 13.0 Å². The third-order valence-corrected chi connectivity index (χ3v) is 5.58. The van der Waals surface area contributed by atoms with E-state index in [0.29, 0.717) is 24.7 Å². The average molecular weight is 434 g/mol. The van der Waals surface area contributed by atoms with Gasteiger partial charge in [0, 0.05) is 24.4 Å². The number of hydrogen-bond donors (Lipinski definition) is 1. The lowest BCUT2D eigenvalue weighted by Crippen LogP contribution is -2.33. The van der Waals surface area contributed by atoms with E-state index in [0.717, 1.165) is 0 Å². The minimum Gasteiger partial charge on any atom is -0.486 e. The van der Waals surface area contributed by atoms with Gasteiger partial charge in [0.25, 0.3) is 15.9 Å². The second kappa shape index (κ2) is 9.04. The summed E-state index contributed by atoms with van der Waals surface area (Å²) >= 11 is 0. The molecular formula is C20H22N2O7S. The van der Waals surface area contributed by atoms with Crippen LogP contribution in [0.5, 0.6) is 11.5 Å². The molecule has 1 N–H and O–H groups in total. The van der Waals surface area contributed by atoms with Crippen LogP contribution in [0.15, 0.2) is 47.4 Å². The predicted molar refractivity (Wildman–Crippen MR) is 108 cm³/mol. The summed E-state index contributed by atoms with van der Waals surface area (Å²) in [5.41, 5.74) is 0.435. The van der Waals surface area contributed by atoms with Crippen LogP contribution in [-0.2, 0) is 19.6 Å². The van der Waals surface area contributed by atoms with Crippen LogP contribution < -0.4 is 14.2 Å². The number of hydrogen-bond acceptors (Lipinski definition) is 7. The molecule has 30 heavy (non-hydrogen) atoms. The van der Waals surface area contributed by atoms with Gasteiger partial charge in [0.05, 0.1) is 11.5 Å². The van der Waals surface area contributed by atoms with Crippen molar-refractivity contribution in [3.05, 3.63) is 48.0 Å². The highest BCUT2D eigenvalue weighted by Crippen LogP contribution is 2.32. The Morgan fingerprint density at radius 2 is 1.83 bits per heavy atom. The van der Waals surface area contributed by atoms with Crippen LogP contribution in [0.1, 0.15) is 17.3 Å². The molecular weight excluding hydrogens is 412 g/mol. The molecule has 0 aliphatic carbocycles. The van der Waals surface area contributed by atoms with Crippen molar-refractivity contribution in [3.63, 3.8) is 0 Å². The molecule has 1 heterocycles. The fourth-order valence-electron chi connectivity index (χ4n) is 2.81. The lowest BCUT2D eigenvalue weighted by Gasteiger charge is -2.19. The third kappa shape index (κ3) is 5.01. The Morgan fingerprint density at radius 3 is 2.57 bits per heavy atom. The maximum Gasteiger partial charge on any atom is 0.325 e. The van der Waals surface area contributed by atoms with Crippen LogP contribution in [0.3, 0.4) is 0 Å². The van der Waals surface area contributed by atoms with Crippen molar-refractivity contribution in [3.8, 4) is 11.5 Å². The number of nitrogens with zero attached hydrogens (tertiary/aromatic N) is 1. The van der Waals surface area contributed by atoms with Gasteiger partial charge in [-0.1, -0.05) is 6.07 Å². The molecule has 2 aromatic rings. The fraction of sp³-hybridized carbons (Fsp3) is 0.300. The summed E-state index contributed by atoms with van der Waals surface area (Å²) in [6, 6.07) is 10.3. The van der Waals surface area contributed by atoms with E-state index in [-0.39, 0.29) is 29.3 Å². The standard InChI is InChI=1S/C20H22N2O7S/c1-3-27-19(23)13-22(2)20(24)14-5-4-6-15(11-14)21-30(25,26)16-7-8-17-18(12-16)29-10-9-28-17/h4-8,11-12,21H,3,9-10,13H2,1-2H3. The number of carbonyl (C=O) groups excluding carboxylic acids is 2. The van der Waals surface area contributed by atoms with Crippen molar-refractivity contribution >= 4 is 27.6 Å². The predicted octanol–water partition coefficient (Wildman–Crippen LogP) is 1.89. The maximum atomic E-state index is 12.8. The Kier molecular flexibility index (Phi) is 6.46. The SMILES string of the molecule is CCOC(=O)CN(C)C(=O)c1cccc(NS(=O)(=O)c2ccc3c(c2)OCCO3)c1. The number of likely N-dealkylation sites (N-methyl/N-ethyl adjacent to an activating group) is 1. The maximum absolute atomic E-state index is 12.8. The van der Waals surface area contributed by atoms with Crippen molar-refractivity contribution in [2.45, 2.75) is 11.8 Å². The van der Waals surface area contributed by atoms with Gasteiger partial charge in [0.2, 0.25) is 0 Å². The van der Waals surface area contributed by atoms with Crippen LogP contribution in [0.2, 0.25) is 0 Å². The van der Waals surface area contributed by atoms with Gasteiger partial charge in [-0.25, -0.2) is 8.42 Å². The molecule has 10 heteroatoms. The van der Waals surface area contributed by atoms with Gasteiger partial charge < -0.3 is 19.1 Å². The Bertz CT molecular complexity index is 1050. The van der Waals surface area contributed by atoms with Gasteiger partial charge in [-0.15, -0.1) is 0 Å². The Labute approximate surface area is 174 Å². The van der Waals surface area contributed by atoms with Gasteiger partial charge >= 0.3 is 5.97 Å². The second-order valence-electron chi connectivity index (χ2n) is 6.46. The number of carbonyl (C=O) groups is 2. The number of esters is 1. The van der Waals surface area contributed by atoms with Crippen molar-refractivity contribution < 1.29 is 32.2 Å². The quantitative estimate of drug-likeness (QED) is 0.663. The van der Waals surface area contributed by atoms with Gasteiger partial charge in [-0.2, -0.15) is 0 Å². The topological polar surface area (TPSA) is 111 Å². The Balaban J connectivity index is 1.76. The van der Waals surface area contributed by atoms with E-state index in [9.17, 15) is 18.0 Å². The van der Waals surface area contributed by atoms with Crippen molar-refractivity contribution in [2.24, 2.45) is 0 Å². The number of benzene rings is 2. The number of anilines is 1. The van der Waals surface area contributed by atoms with Gasteiger partial charge in [0.1, 0.15) is 19.8 Å². The monoisotopic (exact) mass is 434 g/mol. The first-order valence-electron chi connectivity index (χ1n) is 9.24. The van der Waals surface area contributed by atoms with Crippen LogP contribution in [0.4, 0.5) is 5.69 Å². The van der Waals surface area contributed by atoms with Crippen molar-refractivity contribution in [1.82, 2.24) is 4.90 Å². The van der Waals surface area contributed by atoms with E-state index >= 15 is 0 Å². The molecule has 9 nitrogen and oxygen atoms in total. The van der Waals surface area contributed by atoms with Gasteiger partial charge in [0.15, 0.2) is 11.5 Å². The summed E-state index contributed by atoms with van der Waals surface area (Å²) in [6.45, 7) is 2.44. The van der Waals surface area contributed by atoms with E-state index in [1.165, 1.54) is 48.3 Å². The molecule has 1 aliphatic heterocycles. The summed E-state index contributed by atoms with van der Waals surface area (Å²) in [4.78, 5) is 25.3. The zero-order chi connectivity index (χ0) is 21.7. The van der Waals surface area contributed by atoms with E-state index in [2.05, 4.69) is 4.72 Å². The molecule has 1 aliphatic rings. The summed E-state index contributed by atoms with van der Waals surface area (Å²) < 4.78 is 43.6. The smallest absolute Gasteiger partial charge is 0.325 e. The minimum absolute atomic E-state index is 0.00269. The molecule has 0 radical (unpaired) electrons. The molecule has 0 unspecified atom stereocenters. The van der Waals surface area contributed by atoms with Gasteiger partial charge in [-0.3, -0.25) is 14.3 Å². The summed E-state index contributed by atoms with van der Waals surface area (Å²) in [7, 11) is -2.46. The van der Waals surface area contributed by atoms with E-state index < -0.39 is 21.9 Å². The second-order valence-corrected chi connectivity index (χ2v) is 8.14. The normalized spacial score (nSPS) is 12.7. The molecule has 0 atom stereocenters. The highest BCUT2D eigenvalue weighted by molar-refractivity contribution is 7.92. The first kappa shape index (κ1) is 21.4. The first-order valence-corrected chi connectivity index (χ1v) is 10.7. The number of amides is 1. The number of sulfonamides is 1. The van der Waals surface area contributed by atoms with Gasteiger partial charge in [-0.05, 0) is 37.3 Å². The third-order valence-electron chi connectivity index (χ3n) is 4.20. The lowest BCUT2D eigenvalue weighted by molar-refractivity contribution is -0.143. The molecule has 2 aromatic carbocycles. The Hall–Kier alpha value is -3.27. The van der Waals surface area contributed by atoms with Crippen LogP contribution >= 0.6 is 0 Å². The molecule has 0 fully saturated rings. The number of rotatable bonds is 7. The summed E-state index contributed by atoms with van der Waals surface area (Å²) in [5, 5.41) is 0. The van der Waals surface area contributed by atoms with Crippen LogP contribution in [0, 0.1) is 0 Å². The largest absolute Gasteiger partial charge is 0.486 e. The van der Waals surface area contributed by atoms with Crippen LogP contribution in [-0.4, -0.2) is 58.6 Å². The highest BCUT2D eigenvalue weighted by atomic mass is 32.2. The molecule has 0 bridgehead atoms.